The zero-order chi connectivity index (χ0) is 14.8. The van der Waals surface area contributed by atoms with Gasteiger partial charge in [0.2, 0.25) is 10.0 Å². The van der Waals surface area contributed by atoms with Crippen molar-refractivity contribution in [1.82, 2.24) is 4.72 Å². The molecule has 0 spiro atoms. The molecule has 0 bridgehead atoms. The van der Waals surface area contributed by atoms with Gasteiger partial charge in [-0.25, -0.2) is 21.9 Å². The molecule has 0 heterocycles. The van der Waals surface area contributed by atoms with E-state index >= 15 is 0 Å². The molecule has 1 rings (SSSR count). The number of anilines is 1. The molecule has 0 amide bonds. The van der Waals surface area contributed by atoms with Crippen LogP contribution < -0.4 is 10.5 Å². The Hall–Kier alpha value is -1.06. The molecule has 19 heavy (non-hydrogen) atoms. The average Bonchev–Trinajstić information content (AvgIpc) is 2.20. The molecule has 0 saturated carbocycles. The molecule has 3 N–H and O–H groups in total. The Bertz CT molecular complexity index is 605. The van der Waals surface area contributed by atoms with Crippen molar-refractivity contribution in [2.24, 2.45) is 0 Å². The highest BCUT2D eigenvalue weighted by atomic mass is 32.2. The molecule has 2 unspecified atom stereocenters. The molecule has 2 atom stereocenters. The molecule has 0 aromatic heterocycles. The Morgan fingerprint density at radius 3 is 2.47 bits per heavy atom. The lowest BCUT2D eigenvalue weighted by Crippen LogP contribution is -2.36. The maximum absolute atomic E-state index is 13.5. The van der Waals surface area contributed by atoms with Crippen molar-refractivity contribution in [3.8, 4) is 0 Å². The summed E-state index contributed by atoms with van der Waals surface area (Å²) in [6.45, 7) is 1.49. The normalized spacial score (nSPS) is 15.2. The lowest BCUT2D eigenvalue weighted by atomic mass is 10.3. The second kappa shape index (κ2) is 5.93. The standard InChI is InChI=1S/C10H14F2N2O3S2/c1-6(5-18(2)15)14-19(16,17)10-4-9(13)7(11)3-8(10)12/h3-4,6,14H,5,13H2,1-2H3. The first kappa shape index (κ1) is 16.0. The lowest BCUT2D eigenvalue weighted by Gasteiger charge is -2.13. The van der Waals surface area contributed by atoms with E-state index in [0.29, 0.717) is 12.1 Å². The van der Waals surface area contributed by atoms with Gasteiger partial charge in [-0.05, 0) is 13.0 Å². The molecule has 9 heteroatoms. The monoisotopic (exact) mass is 312 g/mol. The zero-order valence-electron chi connectivity index (χ0n) is 10.3. The summed E-state index contributed by atoms with van der Waals surface area (Å²) >= 11 is 0. The fourth-order valence-corrected chi connectivity index (χ4v) is 3.70. The van der Waals surface area contributed by atoms with Crippen molar-refractivity contribution in [1.29, 1.82) is 0 Å². The molecule has 1 aromatic carbocycles. The van der Waals surface area contributed by atoms with Gasteiger partial charge in [0.1, 0.15) is 16.5 Å². The average molecular weight is 312 g/mol. The minimum atomic E-state index is -4.18. The van der Waals surface area contributed by atoms with Crippen molar-refractivity contribution in [3.63, 3.8) is 0 Å². The highest BCUT2D eigenvalue weighted by Crippen LogP contribution is 2.21. The van der Waals surface area contributed by atoms with Gasteiger partial charge in [-0.2, -0.15) is 0 Å². The number of nitrogens with one attached hydrogen (secondary N) is 1. The van der Waals surface area contributed by atoms with Gasteiger partial charge in [0, 0.05) is 34.9 Å². The summed E-state index contributed by atoms with van der Waals surface area (Å²) in [6, 6.07) is 0.469. The van der Waals surface area contributed by atoms with E-state index in [1.54, 1.807) is 0 Å². The summed E-state index contributed by atoms with van der Waals surface area (Å²) in [6.07, 6.45) is 1.42. The summed E-state index contributed by atoms with van der Waals surface area (Å²) in [4.78, 5) is -0.736. The number of nitrogens with two attached hydrogens (primary N) is 1. The van der Waals surface area contributed by atoms with Crippen LogP contribution in [-0.2, 0) is 20.8 Å². The predicted octanol–water partition coefficient (Wildman–Crippen LogP) is 0.592. The van der Waals surface area contributed by atoms with E-state index in [-0.39, 0.29) is 5.75 Å². The first-order valence-electron chi connectivity index (χ1n) is 5.20. The molecule has 108 valence electrons. The number of hydrogen-bond donors (Lipinski definition) is 2. The number of hydrogen-bond acceptors (Lipinski definition) is 4. The van der Waals surface area contributed by atoms with Crippen LogP contribution in [0, 0.1) is 11.6 Å². The van der Waals surface area contributed by atoms with Crippen LogP contribution in [0.15, 0.2) is 17.0 Å². The fourth-order valence-electron chi connectivity index (χ4n) is 1.47. The van der Waals surface area contributed by atoms with Crippen LogP contribution in [0.2, 0.25) is 0 Å². The van der Waals surface area contributed by atoms with Gasteiger partial charge in [0.05, 0.1) is 5.69 Å². The van der Waals surface area contributed by atoms with E-state index < -0.39 is 49.1 Å². The third-order valence-electron chi connectivity index (χ3n) is 2.18. The molecule has 0 aliphatic rings. The second-order valence-electron chi connectivity index (χ2n) is 4.07. The molecule has 0 saturated heterocycles. The Kier molecular flexibility index (Phi) is 4.99. The van der Waals surface area contributed by atoms with Crippen LogP contribution in [0.3, 0.4) is 0 Å². The van der Waals surface area contributed by atoms with E-state index in [0.717, 1.165) is 0 Å². The molecule has 0 aliphatic heterocycles. The van der Waals surface area contributed by atoms with Crippen LogP contribution in [0.4, 0.5) is 14.5 Å². The summed E-state index contributed by atoms with van der Waals surface area (Å²) in [7, 11) is -5.39. The quantitative estimate of drug-likeness (QED) is 0.779. The number of nitrogen functional groups attached to an aromatic ring is 1. The van der Waals surface area contributed by atoms with E-state index in [9.17, 15) is 21.4 Å². The van der Waals surface area contributed by atoms with E-state index in [4.69, 9.17) is 5.73 Å². The highest BCUT2D eigenvalue weighted by molar-refractivity contribution is 7.89. The molecular weight excluding hydrogens is 298 g/mol. The topological polar surface area (TPSA) is 89.3 Å². The smallest absolute Gasteiger partial charge is 0.243 e. The Morgan fingerprint density at radius 2 is 1.95 bits per heavy atom. The van der Waals surface area contributed by atoms with E-state index in [1.165, 1.54) is 13.2 Å². The van der Waals surface area contributed by atoms with Crippen molar-refractivity contribution >= 4 is 26.5 Å². The van der Waals surface area contributed by atoms with E-state index in [2.05, 4.69) is 4.72 Å². The van der Waals surface area contributed by atoms with Crippen molar-refractivity contribution in [2.45, 2.75) is 17.9 Å². The summed E-state index contributed by atoms with van der Waals surface area (Å²) in [5.41, 5.74) is 4.75. The molecule has 1 aromatic rings. The maximum atomic E-state index is 13.5. The van der Waals surface area contributed by atoms with Crippen LogP contribution >= 0.6 is 0 Å². The number of benzene rings is 1. The molecule has 0 aliphatic carbocycles. The molecule has 0 radical (unpaired) electrons. The minimum Gasteiger partial charge on any atom is -0.396 e. The molecular formula is C10H14F2N2O3S2. The molecule has 5 nitrogen and oxygen atoms in total. The van der Waals surface area contributed by atoms with Gasteiger partial charge >= 0.3 is 0 Å². The van der Waals surface area contributed by atoms with Gasteiger partial charge in [-0.1, -0.05) is 0 Å². The van der Waals surface area contributed by atoms with Crippen LogP contribution in [0.5, 0.6) is 0 Å². The van der Waals surface area contributed by atoms with E-state index in [1.807, 2.05) is 0 Å². The Balaban J connectivity index is 3.07. The summed E-state index contributed by atoms with van der Waals surface area (Å²) < 4.78 is 63.3. The fraction of sp³-hybridized carbons (Fsp3) is 0.400. The van der Waals surface area contributed by atoms with Gasteiger partial charge < -0.3 is 5.73 Å². The van der Waals surface area contributed by atoms with Crippen molar-refractivity contribution < 1.29 is 21.4 Å². The Labute approximate surface area is 112 Å². The Morgan fingerprint density at radius 1 is 1.37 bits per heavy atom. The summed E-state index contributed by atoms with van der Waals surface area (Å²) in [5.74, 6) is -2.18. The first-order valence-corrected chi connectivity index (χ1v) is 8.41. The molecule has 0 fully saturated rings. The van der Waals surface area contributed by atoms with Gasteiger partial charge in [0.25, 0.3) is 0 Å². The zero-order valence-corrected chi connectivity index (χ0v) is 11.9. The number of sulfonamides is 1. The van der Waals surface area contributed by atoms with Gasteiger partial charge in [0.15, 0.2) is 0 Å². The van der Waals surface area contributed by atoms with Crippen molar-refractivity contribution in [2.75, 3.05) is 17.7 Å². The maximum Gasteiger partial charge on any atom is 0.243 e. The number of halogens is 2. The lowest BCUT2D eigenvalue weighted by molar-refractivity contribution is 0.539. The van der Waals surface area contributed by atoms with Gasteiger partial charge in [-0.3, -0.25) is 4.21 Å². The second-order valence-corrected chi connectivity index (χ2v) is 7.23. The highest BCUT2D eigenvalue weighted by Gasteiger charge is 2.23. The third kappa shape index (κ3) is 4.22. The van der Waals surface area contributed by atoms with Crippen molar-refractivity contribution in [3.05, 3.63) is 23.8 Å². The van der Waals surface area contributed by atoms with Crippen LogP contribution in [0.25, 0.3) is 0 Å². The predicted molar refractivity (Wildman–Crippen MR) is 69.5 cm³/mol. The van der Waals surface area contributed by atoms with Crippen LogP contribution in [0.1, 0.15) is 6.92 Å². The SMILES string of the molecule is CC(CS(C)=O)NS(=O)(=O)c1cc(N)c(F)cc1F. The number of rotatable bonds is 5. The minimum absolute atomic E-state index is 0.0809. The van der Waals surface area contributed by atoms with Gasteiger partial charge in [-0.15, -0.1) is 0 Å². The third-order valence-corrected chi connectivity index (χ3v) is 4.76. The summed E-state index contributed by atoms with van der Waals surface area (Å²) in [5, 5.41) is 0. The largest absolute Gasteiger partial charge is 0.396 e. The first-order chi connectivity index (χ1) is 8.63. The van der Waals surface area contributed by atoms with Crippen LogP contribution in [-0.4, -0.2) is 30.7 Å².